The molecule has 1 saturated heterocycles. The molecule has 2 aromatic rings. The standard InChI is InChI=1S/C24H31N5O/c1-3-27-13-15-28(16-14-27)18-22-24(21-7-5-4-6-8-21)25-23-17-20(11-12-29(22)23)10-9-19(2)26-30/h4-10,17,26,30H,2-3,11-16,18H2,1H3/b10-9+. The van der Waals surface area contributed by atoms with Crippen molar-refractivity contribution >= 4 is 6.08 Å². The number of nitrogens with zero attached hydrogens (tertiary/aromatic N) is 4. The van der Waals surface area contributed by atoms with Gasteiger partial charge in [0.1, 0.15) is 5.82 Å². The summed E-state index contributed by atoms with van der Waals surface area (Å²) in [4.78, 5) is 10.1. The first-order valence-electron chi connectivity index (χ1n) is 10.7. The second kappa shape index (κ2) is 9.43. The average Bonchev–Trinajstić information content (AvgIpc) is 3.16. The summed E-state index contributed by atoms with van der Waals surface area (Å²) in [5, 5.41) is 8.93. The van der Waals surface area contributed by atoms with Crippen molar-refractivity contribution in [2.75, 3.05) is 32.7 Å². The molecule has 0 radical (unpaired) electrons. The molecular formula is C24H31N5O. The molecule has 0 bridgehead atoms. The van der Waals surface area contributed by atoms with Crippen molar-refractivity contribution in [1.29, 1.82) is 0 Å². The van der Waals surface area contributed by atoms with Crippen LogP contribution in [0.5, 0.6) is 0 Å². The van der Waals surface area contributed by atoms with E-state index in [1.165, 1.54) is 16.8 Å². The fourth-order valence-corrected chi connectivity index (χ4v) is 4.18. The summed E-state index contributed by atoms with van der Waals surface area (Å²) in [5.74, 6) is 1.00. The summed E-state index contributed by atoms with van der Waals surface area (Å²) in [5.41, 5.74) is 7.30. The van der Waals surface area contributed by atoms with Crippen LogP contribution in [0.25, 0.3) is 17.3 Å². The fraction of sp³-hybridized carbons (Fsp3) is 0.375. The number of imidazole rings is 1. The smallest absolute Gasteiger partial charge is 0.133 e. The van der Waals surface area contributed by atoms with E-state index in [4.69, 9.17) is 10.2 Å². The van der Waals surface area contributed by atoms with Gasteiger partial charge in [0, 0.05) is 44.8 Å². The van der Waals surface area contributed by atoms with Crippen LogP contribution in [-0.2, 0) is 13.1 Å². The molecule has 6 nitrogen and oxygen atoms in total. The van der Waals surface area contributed by atoms with Crippen LogP contribution in [0.2, 0.25) is 0 Å². The highest BCUT2D eigenvalue weighted by molar-refractivity contribution is 5.66. The van der Waals surface area contributed by atoms with Gasteiger partial charge in [0.05, 0.1) is 17.1 Å². The zero-order valence-corrected chi connectivity index (χ0v) is 17.7. The predicted molar refractivity (Wildman–Crippen MR) is 121 cm³/mol. The Morgan fingerprint density at radius 3 is 2.57 bits per heavy atom. The van der Waals surface area contributed by atoms with Gasteiger partial charge >= 0.3 is 0 Å². The fourth-order valence-electron chi connectivity index (χ4n) is 4.18. The number of nitrogens with one attached hydrogen (secondary N) is 1. The highest BCUT2D eigenvalue weighted by atomic mass is 16.5. The van der Waals surface area contributed by atoms with Gasteiger partial charge in [-0.25, -0.2) is 4.98 Å². The molecule has 2 N–H and O–H groups in total. The SMILES string of the molecule is C=C(/C=C/C1=Cc2nc(-c3ccccc3)c(CN3CCN(CC)CC3)n2CC1)NO. The van der Waals surface area contributed by atoms with E-state index in [9.17, 15) is 0 Å². The van der Waals surface area contributed by atoms with Gasteiger partial charge in [-0.1, -0.05) is 49.9 Å². The van der Waals surface area contributed by atoms with Gasteiger partial charge in [-0.05, 0) is 30.7 Å². The van der Waals surface area contributed by atoms with E-state index in [2.05, 4.69) is 63.7 Å². The number of allylic oxidation sites excluding steroid dienone is 3. The lowest BCUT2D eigenvalue weighted by atomic mass is 10.1. The second-order valence-electron chi connectivity index (χ2n) is 7.93. The van der Waals surface area contributed by atoms with E-state index in [0.717, 1.165) is 63.8 Å². The Balaban J connectivity index is 1.64. The molecule has 0 spiro atoms. The summed E-state index contributed by atoms with van der Waals surface area (Å²) >= 11 is 0. The first-order valence-corrected chi connectivity index (χ1v) is 10.7. The largest absolute Gasteiger partial charge is 0.326 e. The van der Waals surface area contributed by atoms with Crippen LogP contribution < -0.4 is 5.48 Å². The van der Waals surface area contributed by atoms with Crippen molar-refractivity contribution in [2.45, 2.75) is 26.4 Å². The first-order chi connectivity index (χ1) is 14.7. The molecule has 1 aromatic carbocycles. The van der Waals surface area contributed by atoms with Gasteiger partial charge < -0.3 is 9.47 Å². The highest BCUT2D eigenvalue weighted by Gasteiger charge is 2.24. The molecule has 1 aromatic heterocycles. The number of hydroxylamine groups is 1. The minimum atomic E-state index is 0.474. The molecule has 2 aliphatic rings. The number of piperazine rings is 1. The molecule has 6 heteroatoms. The molecule has 0 unspecified atom stereocenters. The Bertz CT molecular complexity index is 936. The highest BCUT2D eigenvalue weighted by Crippen LogP contribution is 2.30. The molecule has 158 valence electrons. The summed E-state index contributed by atoms with van der Waals surface area (Å²) in [7, 11) is 0. The molecule has 3 heterocycles. The van der Waals surface area contributed by atoms with E-state index < -0.39 is 0 Å². The summed E-state index contributed by atoms with van der Waals surface area (Å²) in [6.45, 7) is 13.4. The number of fused-ring (bicyclic) bond motifs is 1. The van der Waals surface area contributed by atoms with E-state index >= 15 is 0 Å². The zero-order chi connectivity index (χ0) is 20.9. The lowest BCUT2D eigenvalue weighted by Crippen LogP contribution is -2.45. The quantitative estimate of drug-likeness (QED) is 0.545. The number of likely N-dealkylation sites (N-methyl/N-ethyl adjacent to an activating group) is 1. The van der Waals surface area contributed by atoms with Gasteiger partial charge in [0.2, 0.25) is 0 Å². The van der Waals surface area contributed by atoms with Crippen LogP contribution in [0.3, 0.4) is 0 Å². The predicted octanol–water partition coefficient (Wildman–Crippen LogP) is 3.52. The van der Waals surface area contributed by atoms with Crippen LogP contribution in [-0.4, -0.2) is 57.3 Å². The molecule has 0 aliphatic carbocycles. The third-order valence-corrected chi connectivity index (χ3v) is 6.02. The summed E-state index contributed by atoms with van der Waals surface area (Å²) in [6, 6.07) is 10.5. The van der Waals surface area contributed by atoms with E-state index in [1.54, 1.807) is 6.08 Å². The molecule has 0 saturated carbocycles. The van der Waals surface area contributed by atoms with Crippen molar-refractivity contribution in [3.05, 3.63) is 71.9 Å². The number of hydrogen-bond donors (Lipinski definition) is 2. The van der Waals surface area contributed by atoms with Crippen molar-refractivity contribution in [3.8, 4) is 11.3 Å². The van der Waals surface area contributed by atoms with Gasteiger partial charge in [-0.3, -0.25) is 15.6 Å². The number of hydrogen-bond acceptors (Lipinski definition) is 5. The maximum atomic E-state index is 8.93. The third-order valence-electron chi connectivity index (χ3n) is 6.02. The Kier molecular flexibility index (Phi) is 6.47. The maximum Gasteiger partial charge on any atom is 0.133 e. The normalized spacial score (nSPS) is 17.7. The van der Waals surface area contributed by atoms with Gasteiger partial charge in [-0.2, -0.15) is 0 Å². The topological polar surface area (TPSA) is 56.6 Å². The number of aromatic nitrogens is 2. The number of rotatable bonds is 7. The van der Waals surface area contributed by atoms with Gasteiger partial charge in [0.25, 0.3) is 0 Å². The molecule has 0 amide bonds. The van der Waals surface area contributed by atoms with Crippen molar-refractivity contribution in [2.24, 2.45) is 0 Å². The monoisotopic (exact) mass is 405 g/mol. The van der Waals surface area contributed by atoms with Crippen LogP contribution in [0.1, 0.15) is 24.9 Å². The first kappa shape index (κ1) is 20.6. The van der Waals surface area contributed by atoms with Crippen LogP contribution >= 0.6 is 0 Å². The second-order valence-corrected chi connectivity index (χ2v) is 7.93. The molecule has 1 fully saturated rings. The minimum Gasteiger partial charge on any atom is -0.326 e. The van der Waals surface area contributed by atoms with E-state index in [0.29, 0.717) is 5.70 Å². The van der Waals surface area contributed by atoms with Gasteiger partial charge in [-0.15, -0.1) is 0 Å². The Morgan fingerprint density at radius 1 is 1.13 bits per heavy atom. The van der Waals surface area contributed by atoms with Crippen LogP contribution in [0, 0.1) is 0 Å². The number of benzene rings is 1. The Hall–Kier alpha value is -2.67. The molecule has 2 aliphatic heterocycles. The van der Waals surface area contributed by atoms with Crippen LogP contribution in [0.15, 0.2) is 60.3 Å². The molecular weight excluding hydrogens is 374 g/mol. The third kappa shape index (κ3) is 4.56. The Morgan fingerprint density at radius 2 is 1.87 bits per heavy atom. The van der Waals surface area contributed by atoms with Crippen molar-refractivity contribution < 1.29 is 5.21 Å². The zero-order valence-electron chi connectivity index (χ0n) is 17.7. The van der Waals surface area contributed by atoms with Crippen LogP contribution in [0.4, 0.5) is 0 Å². The lowest BCUT2D eigenvalue weighted by Gasteiger charge is -2.34. The molecule has 30 heavy (non-hydrogen) atoms. The maximum absolute atomic E-state index is 8.93. The summed E-state index contributed by atoms with van der Waals surface area (Å²) < 4.78 is 2.38. The van der Waals surface area contributed by atoms with Crippen molar-refractivity contribution in [1.82, 2.24) is 24.8 Å². The minimum absolute atomic E-state index is 0.474. The van der Waals surface area contributed by atoms with E-state index in [-0.39, 0.29) is 0 Å². The average molecular weight is 406 g/mol. The van der Waals surface area contributed by atoms with Gasteiger partial charge in [0.15, 0.2) is 0 Å². The lowest BCUT2D eigenvalue weighted by molar-refractivity contribution is 0.130. The molecule has 4 rings (SSSR count). The van der Waals surface area contributed by atoms with Crippen molar-refractivity contribution in [3.63, 3.8) is 0 Å². The van der Waals surface area contributed by atoms with E-state index in [1.807, 2.05) is 12.1 Å². The summed E-state index contributed by atoms with van der Waals surface area (Å²) in [6.07, 6.45) is 6.87. The molecule has 0 atom stereocenters. The Labute approximate surface area is 178 Å².